The van der Waals surface area contributed by atoms with Gasteiger partial charge >= 0.3 is 5.82 Å². The highest BCUT2D eigenvalue weighted by Gasteiger charge is 2.23. The first-order valence-electron chi connectivity index (χ1n) is 7.65. The van der Waals surface area contributed by atoms with Gasteiger partial charge in [-0.3, -0.25) is 4.99 Å². The molecule has 0 saturated heterocycles. The van der Waals surface area contributed by atoms with E-state index in [1.807, 2.05) is 44.2 Å². The molecule has 0 atom stereocenters. The minimum absolute atomic E-state index is 0.196. The monoisotopic (exact) mass is 339 g/mol. The Morgan fingerprint density at radius 3 is 2.52 bits per heavy atom. The summed E-state index contributed by atoms with van der Waals surface area (Å²) < 4.78 is 0. The number of benzene rings is 2. The predicted octanol–water partition coefficient (Wildman–Crippen LogP) is 2.54. The molecule has 25 heavy (non-hydrogen) atoms. The summed E-state index contributed by atoms with van der Waals surface area (Å²) in [6.07, 6.45) is 0. The molecule has 0 fully saturated rings. The van der Waals surface area contributed by atoms with E-state index >= 15 is 0 Å². The van der Waals surface area contributed by atoms with E-state index in [4.69, 9.17) is 0 Å². The van der Waals surface area contributed by atoms with E-state index in [-0.39, 0.29) is 12.0 Å². The minimum atomic E-state index is -0.660. The third kappa shape index (κ3) is 3.42. The smallest absolute Gasteiger partial charge is 0.409 e. The maximum atomic E-state index is 11.3. The van der Waals surface area contributed by atoms with E-state index in [0.29, 0.717) is 10.5 Å². The lowest BCUT2D eigenvalue weighted by atomic mass is 10.1. The second-order valence-electron chi connectivity index (χ2n) is 5.72. The van der Waals surface area contributed by atoms with Gasteiger partial charge in [0.25, 0.3) is 5.49 Å². The van der Waals surface area contributed by atoms with E-state index in [1.165, 1.54) is 0 Å². The average Bonchev–Trinajstić information content (AvgIpc) is 2.91. The molecule has 1 heterocycles. The molecular weight excluding hydrogens is 322 g/mol. The van der Waals surface area contributed by atoms with Gasteiger partial charge in [0.1, 0.15) is 5.69 Å². The van der Waals surface area contributed by atoms with Gasteiger partial charge in [0.15, 0.2) is 0 Å². The minimum Gasteiger partial charge on any atom is -0.409 e. The first kappa shape index (κ1) is 16.4. The molecular formula is C17H17N5O3. The fourth-order valence-electron chi connectivity index (χ4n) is 2.39. The Bertz CT molecular complexity index is 986. The maximum absolute atomic E-state index is 11.3. The molecule has 1 aromatic heterocycles. The van der Waals surface area contributed by atoms with Crippen LogP contribution in [0.2, 0.25) is 0 Å². The maximum Gasteiger partial charge on any atom is 0.438 e. The number of nitrogens with zero attached hydrogens (tertiary/aromatic N) is 5. The lowest BCUT2D eigenvalue weighted by Gasteiger charge is -2.01. The van der Waals surface area contributed by atoms with E-state index in [2.05, 4.69) is 10.1 Å². The Kier molecular flexibility index (Phi) is 4.34. The van der Waals surface area contributed by atoms with Crippen LogP contribution in [0, 0.1) is 24.0 Å². The van der Waals surface area contributed by atoms with Crippen LogP contribution in [0.5, 0.6) is 0 Å². The van der Waals surface area contributed by atoms with E-state index in [0.717, 1.165) is 21.5 Å². The fourth-order valence-corrected chi connectivity index (χ4v) is 2.39. The van der Waals surface area contributed by atoms with Crippen LogP contribution in [0.4, 0.5) is 5.82 Å². The summed E-state index contributed by atoms with van der Waals surface area (Å²) in [5.41, 5.74) is 3.23. The fraction of sp³-hybridized carbons (Fsp3) is 0.176. The standard InChI is InChI=1S/C17H17N5O3/c1-12-6-8-14(9-7-12)11-18-16-17(22(24)25)19-20(21(16)23)15-5-3-4-13(2)10-15/h3-10,23H,11H2,1-2H3. The van der Waals surface area contributed by atoms with Crippen molar-refractivity contribution < 1.29 is 10.1 Å². The van der Waals surface area contributed by atoms with Gasteiger partial charge in [-0.05, 0) is 46.8 Å². The number of rotatable bonds is 4. The van der Waals surface area contributed by atoms with Crippen molar-refractivity contribution in [3.63, 3.8) is 0 Å². The van der Waals surface area contributed by atoms with Crippen molar-refractivity contribution in [1.82, 2.24) is 14.7 Å². The topological polar surface area (TPSA) is 98.5 Å². The molecule has 3 rings (SSSR count). The van der Waals surface area contributed by atoms with E-state index < -0.39 is 10.7 Å². The van der Waals surface area contributed by atoms with Crippen LogP contribution in [0.25, 0.3) is 5.69 Å². The summed E-state index contributed by atoms with van der Waals surface area (Å²) in [6, 6.07) is 14.8. The van der Waals surface area contributed by atoms with Crippen LogP contribution < -0.4 is 5.49 Å². The van der Waals surface area contributed by atoms with E-state index in [9.17, 15) is 15.3 Å². The molecule has 0 unspecified atom stereocenters. The van der Waals surface area contributed by atoms with Crippen molar-refractivity contribution in [3.05, 3.63) is 80.8 Å². The van der Waals surface area contributed by atoms with Crippen molar-refractivity contribution in [2.45, 2.75) is 20.4 Å². The van der Waals surface area contributed by atoms with Gasteiger partial charge < -0.3 is 15.3 Å². The summed E-state index contributed by atoms with van der Waals surface area (Å²) in [6.45, 7) is 4.05. The van der Waals surface area contributed by atoms with Crippen LogP contribution in [-0.2, 0) is 6.54 Å². The van der Waals surface area contributed by atoms with Crippen molar-refractivity contribution in [2.75, 3.05) is 0 Å². The zero-order valence-corrected chi connectivity index (χ0v) is 13.8. The van der Waals surface area contributed by atoms with Crippen LogP contribution in [-0.4, -0.2) is 24.9 Å². The molecule has 0 aliphatic rings. The second kappa shape index (κ2) is 6.60. The highest BCUT2D eigenvalue weighted by molar-refractivity contribution is 5.34. The summed E-state index contributed by atoms with van der Waals surface area (Å²) in [5.74, 6) is -0.504. The Hall–Kier alpha value is -3.42. The summed E-state index contributed by atoms with van der Waals surface area (Å²) in [4.78, 5) is 16.5. The Morgan fingerprint density at radius 1 is 1.16 bits per heavy atom. The molecule has 2 aromatic carbocycles. The Balaban J connectivity index is 2.07. The largest absolute Gasteiger partial charge is 0.438 e. The summed E-state index contributed by atoms with van der Waals surface area (Å²) >= 11 is 0. The van der Waals surface area contributed by atoms with Crippen LogP contribution in [0.1, 0.15) is 16.7 Å². The predicted molar refractivity (Wildman–Crippen MR) is 90.6 cm³/mol. The van der Waals surface area contributed by atoms with Crippen LogP contribution in [0.3, 0.4) is 0 Å². The normalized spacial score (nSPS) is 11.7. The number of hydrogen-bond donors (Lipinski definition) is 1. The summed E-state index contributed by atoms with van der Waals surface area (Å²) in [5, 5.41) is 25.5. The van der Waals surface area contributed by atoms with Crippen molar-refractivity contribution in [1.29, 1.82) is 0 Å². The van der Waals surface area contributed by atoms with Gasteiger partial charge in [-0.1, -0.05) is 46.8 Å². The zero-order valence-electron chi connectivity index (χ0n) is 13.8. The second-order valence-corrected chi connectivity index (χ2v) is 5.72. The molecule has 0 spiro atoms. The molecule has 8 heteroatoms. The van der Waals surface area contributed by atoms with Crippen molar-refractivity contribution >= 4 is 5.82 Å². The lowest BCUT2D eigenvalue weighted by Crippen LogP contribution is -2.22. The lowest BCUT2D eigenvalue weighted by molar-refractivity contribution is -0.391. The highest BCUT2D eigenvalue weighted by atomic mass is 16.6. The molecule has 0 amide bonds. The molecule has 0 aliphatic heterocycles. The third-order valence-electron chi connectivity index (χ3n) is 3.70. The van der Waals surface area contributed by atoms with Gasteiger partial charge in [0.05, 0.1) is 11.6 Å². The van der Waals surface area contributed by atoms with Gasteiger partial charge in [-0.25, -0.2) is 0 Å². The molecule has 128 valence electrons. The number of aromatic nitrogens is 3. The average molecular weight is 339 g/mol. The van der Waals surface area contributed by atoms with Gasteiger partial charge in [-0.2, -0.15) is 0 Å². The van der Waals surface area contributed by atoms with Crippen molar-refractivity contribution in [3.8, 4) is 5.69 Å². The SMILES string of the molecule is Cc1ccc(CN=c2c([N+](=O)[O-])nn(-c3cccc(C)c3)n2O)cc1. The Labute approximate surface area is 143 Å². The zero-order chi connectivity index (χ0) is 18.0. The molecule has 1 N–H and O–H groups in total. The first-order valence-corrected chi connectivity index (χ1v) is 7.65. The third-order valence-corrected chi connectivity index (χ3v) is 3.70. The molecule has 8 nitrogen and oxygen atoms in total. The molecule has 0 saturated carbocycles. The van der Waals surface area contributed by atoms with Gasteiger partial charge in [0.2, 0.25) is 0 Å². The van der Waals surface area contributed by atoms with Crippen LogP contribution in [0.15, 0.2) is 53.5 Å². The number of aryl methyl sites for hydroxylation is 2. The van der Waals surface area contributed by atoms with Gasteiger partial charge in [0, 0.05) is 0 Å². The van der Waals surface area contributed by atoms with Crippen molar-refractivity contribution in [2.24, 2.45) is 4.99 Å². The quantitative estimate of drug-likeness (QED) is 0.448. The summed E-state index contributed by atoms with van der Waals surface area (Å²) in [7, 11) is 0. The Morgan fingerprint density at radius 2 is 1.88 bits per heavy atom. The highest BCUT2D eigenvalue weighted by Crippen LogP contribution is 2.10. The number of hydrogen-bond acceptors (Lipinski definition) is 5. The molecule has 0 radical (unpaired) electrons. The number of nitro groups is 1. The molecule has 0 aliphatic carbocycles. The first-order chi connectivity index (χ1) is 12.0. The molecule has 0 bridgehead atoms. The molecule has 3 aromatic rings. The van der Waals surface area contributed by atoms with Gasteiger partial charge in [-0.15, -0.1) is 0 Å². The van der Waals surface area contributed by atoms with Crippen LogP contribution >= 0.6 is 0 Å². The van der Waals surface area contributed by atoms with E-state index in [1.54, 1.807) is 18.2 Å².